The van der Waals surface area contributed by atoms with E-state index in [1.54, 1.807) is 12.1 Å². The number of nitrogens with zero attached hydrogens (tertiary/aromatic N) is 1. The first-order chi connectivity index (χ1) is 10.2. The molecule has 1 aromatic heterocycles. The van der Waals surface area contributed by atoms with E-state index >= 15 is 0 Å². The Balaban J connectivity index is 2.08. The van der Waals surface area contributed by atoms with Crippen LogP contribution >= 0.6 is 27.5 Å². The molecule has 0 saturated heterocycles. The summed E-state index contributed by atoms with van der Waals surface area (Å²) in [5.74, 6) is 1.02. The SMILES string of the molecule is N#Cc1oc2ccccc2c1Oc1ccc(CBr)cc1Cl. The summed E-state index contributed by atoms with van der Waals surface area (Å²) in [6.07, 6.45) is 0. The Morgan fingerprint density at radius 1 is 1.24 bits per heavy atom. The summed E-state index contributed by atoms with van der Waals surface area (Å²) in [6, 6.07) is 14.8. The number of nitriles is 1. The van der Waals surface area contributed by atoms with Crippen LogP contribution in [0.2, 0.25) is 5.02 Å². The fourth-order valence-corrected chi connectivity index (χ4v) is 2.61. The summed E-state index contributed by atoms with van der Waals surface area (Å²) in [6.45, 7) is 0. The zero-order valence-corrected chi connectivity index (χ0v) is 13.1. The molecule has 2 aromatic carbocycles. The van der Waals surface area contributed by atoms with Gasteiger partial charge in [0.25, 0.3) is 0 Å². The van der Waals surface area contributed by atoms with Gasteiger partial charge in [-0.3, -0.25) is 0 Å². The van der Waals surface area contributed by atoms with Crippen molar-refractivity contribution in [2.24, 2.45) is 0 Å². The molecule has 3 nitrogen and oxygen atoms in total. The number of benzene rings is 2. The van der Waals surface area contributed by atoms with E-state index in [4.69, 9.17) is 20.8 Å². The van der Waals surface area contributed by atoms with Crippen LogP contribution < -0.4 is 4.74 Å². The molecule has 0 fully saturated rings. The maximum absolute atomic E-state index is 9.19. The van der Waals surface area contributed by atoms with Gasteiger partial charge in [0, 0.05) is 5.33 Å². The molecule has 0 atom stereocenters. The average molecular weight is 363 g/mol. The molecule has 0 N–H and O–H groups in total. The Morgan fingerprint density at radius 3 is 2.76 bits per heavy atom. The predicted molar refractivity (Wildman–Crippen MR) is 85.1 cm³/mol. The van der Waals surface area contributed by atoms with Crippen LogP contribution in [-0.2, 0) is 5.33 Å². The number of halogens is 2. The summed E-state index contributed by atoms with van der Waals surface area (Å²) < 4.78 is 11.3. The van der Waals surface area contributed by atoms with Gasteiger partial charge in [-0.15, -0.1) is 0 Å². The van der Waals surface area contributed by atoms with Gasteiger partial charge in [-0.25, -0.2) is 0 Å². The van der Waals surface area contributed by atoms with Crippen molar-refractivity contribution in [1.29, 1.82) is 5.26 Å². The van der Waals surface area contributed by atoms with Crippen LogP contribution in [0.5, 0.6) is 11.5 Å². The third kappa shape index (κ3) is 2.63. The lowest BCUT2D eigenvalue weighted by molar-refractivity contribution is 0.467. The van der Waals surface area contributed by atoms with Gasteiger partial charge >= 0.3 is 0 Å². The Morgan fingerprint density at radius 2 is 2.05 bits per heavy atom. The average Bonchev–Trinajstić information content (AvgIpc) is 2.87. The van der Waals surface area contributed by atoms with E-state index in [-0.39, 0.29) is 5.76 Å². The third-order valence-electron chi connectivity index (χ3n) is 3.01. The topological polar surface area (TPSA) is 46.2 Å². The normalized spacial score (nSPS) is 10.5. The minimum Gasteiger partial charge on any atom is -0.450 e. The standard InChI is InChI=1S/C16H9BrClNO2/c17-8-10-5-6-14(12(18)7-10)21-16-11-3-1-2-4-13(11)20-15(16)9-19/h1-7H,8H2. The van der Waals surface area contributed by atoms with E-state index in [2.05, 4.69) is 15.9 Å². The molecule has 5 heteroatoms. The molecule has 21 heavy (non-hydrogen) atoms. The summed E-state index contributed by atoms with van der Waals surface area (Å²) in [5, 5.41) is 11.1. The van der Waals surface area contributed by atoms with Crippen LogP contribution in [0.15, 0.2) is 46.9 Å². The van der Waals surface area contributed by atoms with Crippen LogP contribution in [0.1, 0.15) is 11.3 Å². The quantitative estimate of drug-likeness (QED) is 0.566. The lowest BCUT2D eigenvalue weighted by Crippen LogP contribution is -1.88. The molecule has 0 unspecified atom stereocenters. The van der Waals surface area contributed by atoms with E-state index < -0.39 is 0 Å². The van der Waals surface area contributed by atoms with Crippen LogP contribution in [-0.4, -0.2) is 0 Å². The third-order valence-corrected chi connectivity index (χ3v) is 3.96. The Labute approximate surface area is 134 Å². The van der Waals surface area contributed by atoms with Gasteiger partial charge in [0.2, 0.25) is 5.76 Å². The number of rotatable bonds is 3. The number of hydrogen-bond donors (Lipinski definition) is 0. The second-order valence-electron chi connectivity index (χ2n) is 4.37. The van der Waals surface area contributed by atoms with Crippen molar-refractivity contribution in [3.8, 4) is 17.6 Å². The molecule has 3 rings (SSSR count). The predicted octanol–water partition coefficient (Wildman–Crippen LogP) is 5.65. The van der Waals surface area contributed by atoms with E-state index in [9.17, 15) is 5.26 Å². The second kappa shape index (κ2) is 5.80. The van der Waals surface area contributed by atoms with Gasteiger partial charge < -0.3 is 9.15 Å². The summed E-state index contributed by atoms with van der Waals surface area (Å²) in [7, 11) is 0. The number of para-hydroxylation sites is 1. The lowest BCUT2D eigenvalue weighted by Gasteiger charge is -2.07. The van der Waals surface area contributed by atoms with Crippen molar-refractivity contribution >= 4 is 38.5 Å². The number of furan rings is 1. The zero-order chi connectivity index (χ0) is 14.8. The molecule has 0 aliphatic rings. The molecule has 0 amide bonds. The fourth-order valence-electron chi connectivity index (χ4n) is 2.02. The smallest absolute Gasteiger partial charge is 0.247 e. The van der Waals surface area contributed by atoms with Gasteiger partial charge in [0.15, 0.2) is 5.75 Å². The van der Waals surface area contributed by atoms with Crippen LogP contribution in [0.4, 0.5) is 0 Å². The molecule has 3 aromatic rings. The van der Waals surface area contributed by atoms with E-state index in [0.29, 0.717) is 27.4 Å². The highest BCUT2D eigenvalue weighted by molar-refractivity contribution is 9.08. The van der Waals surface area contributed by atoms with Gasteiger partial charge in [-0.2, -0.15) is 5.26 Å². The first kappa shape index (κ1) is 14.0. The van der Waals surface area contributed by atoms with Crippen molar-refractivity contribution in [2.45, 2.75) is 5.33 Å². The summed E-state index contributed by atoms with van der Waals surface area (Å²) >= 11 is 9.59. The number of ether oxygens (including phenoxy) is 1. The summed E-state index contributed by atoms with van der Waals surface area (Å²) in [4.78, 5) is 0. The fraction of sp³-hybridized carbons (Fsp3) is 0.0625. The van der Waals surface area contributed by atoms with Gasteiger partial charge in [-0.05, 0) is 29.8 Å². The minimum atomic E-state index is 0.136. The Kier molecular flexibility index (Phi) is 3.87. The molecule has 0 aliphatic carbocycles. The monoisotopic (exact) mass is 361 g/mol. The van der Waals surface area contributed by atoms with Gasteiger partial charge in [0.1, 0.15) is 17.4 Å². The molecule has 0 bridgehead atoms. The maximum Gasteiger partial charge on any atom is 0.247 e. The molecule has 0 aliphatic heterocycles. The van der Waals surface area contributed by atoms with Crippen molar-refractivity contribution in [3.63, 3.8) is 0 Å². The lowest BCUT2D eigenvalue weighted by atomic mass is 10.2. The highest BCUT2D eigenvalue weighted by Gasteiger charge is 2.17. The molecular formula is C16H9BrClNO2. The van der Waals surface area contributed by atoms with Crippen LogP contribution in [0.3, 0.4) is 0 Å². The molecule has 104 valence electrons. The minimum absolute atomic E-state index is 0.136. The molecule has 0 spiro atoms. The van der Waals surface area contributed by atoms with Crippen molar-refractivity contribution in [2.75, 3.05) is 0 Å². The first-order valence-electron chi connectivity index (χ1n) is 6.17. The Hall–Kier alpha value is -1.96. The zero-order valence-electron chi connectivity index (χ0n) is 10.8. The largest absolute Gasteiger partial charge is 0.450 e. The second-order valence-corrected chi connectivity index (χ2v) is 5.34. The van der Waals surface area contributed by atoms with E-state index in [1.165, 1.54) is 0 Å². The highest BCUT2D eigenvalue weighted by atomic mass is 79.9. The van der Waals surface area contributed by atoms with Gasteiger partial charge in [0.05, 0.1) is 10.4 Å². The highest BCUT2D eigenvalue weighted by Crippen LogP contribution is 2.38. The van der Waals surface area contributed by atoms with Crippen molar-refractivity contribution < 1.29 is 9.15 Å². The maximum atomic E-state index is 9.19. The molecule has 0 saturated carbocycles. The van der Waals surface area contributed by atoms with E-state index in [1.807, 2.05) is 36.4 Å². The number of fused-ring (bicyclic) bond motifs is 1. The van der Waals surface area contributed by atoms with Gasteiger partial charge in [-0.1, -0.05) is 45.7 Å². The van der Waals surface area contributed by atoms with Crippen molar-refractivity contribution in [1.82, 2.24) is 0 Å². The molecule has 0 radical (unpaired) electrons. The molecular weight excluding hydrogens is 354 g/mol. The number of alkyl halides is 1. The van der Waals surface area contributed by atoms with E-state index in [0.717, 1.165) is 10.9 Å². The molecule has 1 heterocycles. The summed E-state index contributed by atoms with van der Waals surface area (Å²) in [5.41, 5.74) is 1.65. The number of hydrogen-bond acceptors (Lipinski definition) is 3. The van der Waals surface area contributed by atoms with Crippen molar-refractivity contribution in [3.05, 3.63) is 58.8 Å². The first-order valence-corrected chi connectivity index (χ1v) is 7.66. The van der Waals surface area contributed by atoms with Crippen LogP contribution in [0.25, 0.3) is 11.0 Å². The van der Waals surface area contributed by atoms with Crippen LogP contribution in [0, 0.1) is 11.3 Å². The Bertz CT molecular complexity index is 851.